The Bertz CT molecular complexity index is 1040. The Morgan fingerprint density at radius 2 is 1.65 bits per heavy atom. The van der Waals surface area contributed by atoms with Crippen molar-refractivity contribution in [1.82, 2.24) is 4.57 Å². The lowest BCUT2D eigenvalue weighted by molar-refractivity contribution is 0.339. The second-order valence-electron chi connectivity index (χ2n) is 5.53. The van der Waals surface area contributed by atoms with Crippen molar-refractivity contribution in [1.29, 1.82) is 0 Å². The van der Waals surface area contributed by atoms with Gasteiger partial charge >= 0.3 is 0 Å². The fourth-order valence-electron chi connectivity index (χ4n) is 2.38. The molecular weight excluding hydrogens is 357 g/mol. The first kappa shape index (κ1) is 17.9. The molecule has 7 heteroatoms. The summed E-state index contributed by atoms with van der Waals surface area (Å²) in [6.07, 6.45) is 1.50. The van der Waals surface area contributed by atoms with E-state index in [1.54, 1.807) is 24.3 Å². The summed E-state index contributed by atoms with van der Waals surface area (Å²) in [7, 11) is -3.44. The largest absolute Gasteiger partial charge is 0.492 e. The van der Waals surface area contributed by atoms with Crippen LogP contribution in [0, 0.1) is 5.82 Å². The molecule has 0 amide bonds. The number of ether oxygens (including phenoxy) is 1. The minimum atomic E-state index is -3.44. The van der Waals surface area contributed by atoms with Crippen LogP contribution in [0.25, 0.3) is 5.69 Å². The van der Waals surface area contributed by atoms with Crippen LogP contribution >= 0.6 is 0 Å². The second-order valence-corrected chi connectivity index (χ2v) is 7.64. The maximum atomic E-state index is 13.0. The van der Waals surface area contributed by atoms with Gasteiger partial charge in [0, 0.05) is 18.0 Å². The van der Waals surface area contributed by atoms with Gasteiger partial charge in [-0.15, -0.1) is 0 Å². The van der Waals surface area contributed by atoms with Gasteiger partial charge in [-0.25, -0.2) is 12.8 Å². The summed E-state index contributed by atoms with van der Waals surface area (Å²) in [5, 5.41) is 0. The average molecular weight is 373 g/mol. The molecule has 0 atom stereocenters. The number of sulfone groups is 1. The predicted molar refractivity (Wildman–Crippen MR) is 96.0 cm³/mol. The van der Waals surface area contributed by atoms with Crippen LogP contribution in [0.4, 0.5) is 4.39 Å². The van der Waals surface area contributed by atoms with E-state index in [-0.39, 0.29) is 34.4 Å². The van der Waals surface area contributed by atoms with E-state index in [2.05, 4.69) is 0 Å². The maximum absolute atomic E-state index is 13.0. The van der Waals surface area contributed by atoms with E-state index in [4.69, 9.17) is 4.74 Å². The molecular formula is C19H16FNO4S. The van der Waals surface area contributed by atoms with Crippen LogP contribution < -0.4 is 10.3 Å². The molecule has 0 saturated carbocycles. The Morgan fingerprint density at radius 3 is 2.31 bits per heavy atom. The Balaban J connectivity index is 1.67. The van der Waals surface area contributed by atoms with Crippen molar-refractivity contribution in [3.8, 4) is 11.4 Å². The van der Waals surface area contributed by atoms with Crippen LogP contribution in [0.5, 0.6) is 5.75 Å². The summed E-state index contributed by atoms with van der Waals surface area (Å²) in [5.41, 5.74) is 0.162. The molecule has 0 aliphatic rings. The normalized spacial score (nSPS) is 11.3. The highest BCUT2D eigenvalue weighted by molar-refractivity contribution is 7.91. The van der Waals surface area contributed by atoms with Crippen LogP contribution in [0.1, 0.15) is 0 Å². The lowest BCUT2D eigenvalue weighted by Crippen LogP contribution is -2.18. The monoisotopic (exact) mass is 373 g/mol. The zero-order valence-corrected chi connectivity index (χ0v) is 14.5. The van der Waals surface area contributed by atoms with Crippen molar-refractivity contribution in [2.75, 3.05) is 12.4 Å². The standard InChI is InChI=1S/C19H16FNO4S/c20-15-6-8-16(9-7-15)21-11-10-17(14-19(21)22)25-12-13-26(23,24)18-4-2-1-3-5-18/h1-11,14H,12-13H2. The number of hydrogen-bond donors (Lipinski definition) is 0. The van der Waals surface area contributed by atoms with Crippen molar-refractivity contribution < 1.29 is 17.5 Å². The van der Waals surface area contributed by atoms with Gasteiger partial charge in [0.2, 0.25) is 0 Å². The van der Waals surface area contributed by atoms with E-state index < -0.39 is 9.84 Å². The van der Waals surface area contributed by atoms with Gasteiger partial charge in [0.05, 0.1) is 10.6 Å². The van der Waals surface area contributed by atoms with E-state index in [9.17, 15) is 17.6 Å². The molecule has 3 aromatic rings. The number of nitrogens with zero attached hydrogens (tertiary/aromatic N) is 1. The fourth-order valence-corrected chi connectivity index (χ4v) is 3.49. The summed E-state index contributed by atoms with van der Waals surface area (Å²) in [6, 6.07) is 16.4. The summed E-state index contributed by atoms with van der Waals surface area (Å²) in [4.78, 5) is 12.4. The highest BCUT2D eigenvalue weighted by Crippen LogP contribution is 2.13. The molecule has 3 rings (SSSR count). The highest BCUT2D eigenvalue weighted by Gasteiger charge is 2.14. The number of halogens is 1. The summed E-state index contributed by atoms with van der Waals surface area (Å²) < 4.78 is 44.1. The summed E-state index contributed by atoms with van der Waals surface area (Å²) in [5.74, 6) is -0.309. The van der Waals surface area contributed by atoms with E-state index in [0.717, 1.165) is 0 Å². The van der Waals surface area contributed by atoms with Gasteiger partial charge in [0.25, 0.3) is 5.56 Å². The Morgan fingerprint density at radius 1 is 0.962 bits per heavy atom. The van der Waals surface area contributed by atoms with Crippen LogP contribution in [0.2, 0.25) is 0 Å². The SMILES string of the molecule is O=c1cc(OCCS(=O)(=O)c2ccccc2)ccn1-c1ccc(F)cc1. The van der Waals surface area contributed by atoms with Gasteiger partial charge in [-0.05, 0) is 42.5 Å². The minimum Gasteiger partial charge on any atom is -0.492 e. The Hall–Kier alpha value is -2.93. The second kappa shape index (κ2) is 7.53. The molecule has 0 fully saturated rings. The van der Waals surface area contributed by atoms with Crippen molar-refractivity contribution >= 4 is 9.84 Å². The van der Waals surface area contributed by atoms with Crippen molar-refractivity contribution in [2.24, 2.45) is 0 Å². The lowest BCUT2D eigenvalue weighted by Gasteiger charge is -2.09. The first-order chi connectivity index (χ1) is 12.5. The smallest absolute Gasteiger partial charge is 0.258 e. The van der Waals surface area contributed by atoms with E-state index in [1.165, 1.54) is 53.2 Å². The molecule has 0 aliphatic heterocycles. The molecule has 0 N–H and O–H groups in total. The van der Waals surface area contributed by atoms with Gasteiger partial charge < -0.3 is 4.74 Å². The van der Waals surface area contributed by atoms with Crippen molar-refractivity contribution in [2.45, 2.75) is 4.90 Å². The third-order valence-electron chi connectivity index (χ3n) is 3.72. The van der Waals surface area contributed by atoms with Gasteiger partial charge in [0.1, 0.15) is 18.2 Å². The van der Waals surface area contributed by atoms with Crippen LogP contribution in [-0.2, 0) is 9.84 Å². The van der Waals surface area contributed by atoms with E-state index in [0.29, 0.717) is 5.69 Å². The Kier molecular flexibility index (Phi) is 5.18. The molecule has 1 aromatic heterocycles. The molecule has 1 heterocycles. The molecule has 0 saturated heterocycles. The van der Waals surface area contributed by atoms with Gasteiger partial charge in [-0.3, -0.25) is 9.36 Å². The molecule has 0 unspecified atom stereocenters. The summed E-state index contributed by atoms with van der Waals surface area (Å²) in [6.45, 7) is -0.0722. The number of aromatic nitrogens is 1. The predicted octanol–water partition coefficient (Wildman–Crippen LogP) is 2.83. The fraction of sp³-hybridized carbons (Fsp3) is 0.105. The number of hydrogen-bond acceptors (Lipinski definition) is 4. The molecule has 0 bridgehead atoms. The molecule has 5 nitrogen and oxygen atoms in total. The number of pyridine rings is 1. The average Bonchev–Trinajstić information content (AvgIpc) is 2.63. The Labute approximate surface area is 150 Å². The number of rotatable bonds is 6. The molecule has 0 radical (unpaired) electrons. The van der Waals surface area contributed by atoms with Crippen LogP contribution in [-0.4, -0.2) is 25.3 Å². The molecule has 0 aliphatic carbocycles. The highest BCUT2D eigenvalue weighted by atomic mass is 32.2. The van der Waals surface area contributed by atoms with Gasteiger partial charge in [-0.2, -0.15) is 0 Å². The van der Waals surface area contributed by atoms with Gasteiger partial charge in [-0.1, -0.05) is 18.2 Å². The maximum Gasteiger partial charge on any atom is 0.258 e. The zero-order chi connectivity index (χ0) is 18.6. The first-order valence-electron chi connectivity index (χ1n) is 7.85. The topological polar surface area (TPSA) is 65.4 Å². The third-order valence-corrected chi connectivity index (χ3v) is 5.41. The molecule has 26 heavy (non-hydrogen) atoms. The van der Waals surface area contributed by atoms with E-state index in [1.807, 2.05) is 0 Å². The third kappa shape index (κ3) is 4.18. The molecule has 134 valence electrons. The van der Waals surface area contributed by atoms with E-state index >= 15 is 0 Å². The number of benzene rings is 2. The van der Waals surface area contributed by atoms with Gasteiger partial charge in [0.15, 0.2) is 9.84 Å². The first-order valence-corrected chi connectivity index (χ1v) is 9.50. The molecule has 2 aromatic carbocycles. The van der Waals surface area contributed by atoms with Crippen molar-refractivity contribution in [3.05, 3.63) is 89.1 Å². The minimum absolute atomic E-state index is 0.0722. The van der Waals surface area contributed by atoms with Crippen LogP contribution in [0.15, 0.2) is 82.6 Å². The van der Waals surface area contributed by atoms with Crippen molar-refractivity contribution in [3.63, 3.8) is 0 Å². The van der Waals surface area contributed by atoms with Crippen LogP contribution in [0.3, 0.4) is 0 Å². The zero-order valence-electron chi connectivity index (χ0n) is 13.7. The lowest BCUT2D eigenvalue weighted by atomic mass is 10.3. The quantitative estimate of drug-likeness (QED) is 0.666. The summed E-state index contributed by atoms with van der Waals surface area (Å²) >= 11 is 0. The molecule has 0 spiro atoms.